The van der Waals surface area contributed by atoms with E-state index >= 15 is 0 Å². The van der Waals surface area contributed by atoms with E-state index in [-0.39, 0.29) is 0 Å². The zero-order valence-corrected chi connectivity index (χ0v) is 33.5. The van der Waals surface area contributed by atoms with Crippen LogP contribution in [-0.4, -0.2) is 14.2 Å². The first-order valence-electron chi connectivity index (χ1n) is 18.4. The van der Waals surface area contributed by atoms with Gasteiger partial charge in [0, 0.05) is 0 Å². The molecule has 4 heteroatoms. The average molecular weight is 739 g/mol. The van der Waals surface area contributed by atoms with E-state index in [9.17, 15) is 0 Å². The summed E-state index contributed by atoms with van der Waals surface area (Å²) in [4.78, 5) is 0. The van der Waals surface area contributed by atoms with Crippen molar-refractivity contribution in [3.05, 3.63) is 180 Å². The molecule has 0 N–H and O–H groups in total. The zero-order valence-electron chi connectivity index (χ0n) is 31.7. The molecule has 0 bridgehead atoms. The highest BCUT2D eigenvalue weighted by Crippen LogP contribution is 2.46. The third kappa shape index (κ3) is 6.94. The number of methoxy groups -OCH3 is 2. The molecular formula is C50H44O2P2. The Morgan fingerprint density at radius 1 is 0.352 bits per heavy atom. The lowest BCUT2D eigenvalue weighted by atomic mass is 9.93. The monoisotopic (exact) mass is 738 g/mol. The van der Waals surface area contributed by atoms with Crippen molar-refractivity contribution in [3.63, 3.8) is 0 Å². The van der Waals surface area contributed by atoms with Crippen LogP contribution in [0.3, 0.4) is 0 Å². The van der Waals surface area contributed by atoms with Gasteiger partial charge in [-0.05, 0) is 132 Å². The fraction of sp³-hybridized carbons (Fsp3) is 0.120. The summed E-state index contributed by atoms with van der Waals surface area (Å²) in [6, 6.07) is 59.0. The predicted octanol–water partition coefficient (Wildman–Crippen LogP) is 10.4. The summed E-state index contributed by atoms with van der Waals surface area (Å²) in [6.45, 7) is 8.91. The molecule has 0 atom stereocenters. The Kier molecular flexibility index (Phi) is 10.1. The maximum atomic E-state index is 5.64. The van der Waals surface area contributed by atoms with Crippen molar-refractivity contribution in [1.29, 1.82) is 0 Å². The highest BCUT2D eigenvalue weighted by atomic mass is 31.1. The van der Waals surface area contributed by atoms with Gasteiger partial charge in [-0.2, -0.15) is 0 Å². The van der Waals surface area contributed by atoms with Gasteiger partial charge < -0.3 is 9.47 Å². The molecule has 0 saturated carbocycles. The Morgan fingerprint density at radius 3 is 1.07 bits per heavy atom. The van der Waals surface area contributed by atoms with Crippen molar-refractivity contribution < 1.29 is 9.47 Å². The van der Waals surface area contributed by atoms with Gasteiger partial charge in [0.05, 0.1) is 14.2 Å². The fourth-order valence-corrected chi connectivity index (χ4v) is 13.2. The van der Waals surface area contributed by atoms with Crippen molar-refractivity contribution in [2.75, 3.05) is 14.2 Å². The summed E-state index contributed by atoms with van der Waals surface area (Å²) in [7, 11) is 1.48. The Labute approximate surface area is 321 Å². The summed E-state index contributed by atoms with van der Waals surface area (Å²) < 4.78 is 11.3. The van der Waals surface area contributed by atoms with Crippen molar-refractivity contribution in [2.45, 2.75) is 27.7 Å². The van der Waals surface area contributed by atoms with E-state index in [1.807, 2.05) is 0 Å². The summed E-state index contributed by atoms with van der Waals surface area (Å²) in [5.41, 5.74) is 7.78. The Bertz CT molecular complexity index is 2490. The second kappa shape index (κ2) is 15.2. The minimum Gasteiger partial charge on any atom is -0.497 e. The van der Waals surface area contributed by atoms with Crippen LogP contribution >= 0.6 is 15.8 Å². The highest BCUT2D eigenvalue weighted by Gasteiger charge is 2.28. The van der Waals surface area contributed by atoms with E-state index in [1.54, 1.807) is 14.2 Å². The molecule has 0 spiro atoms. The van der Waals surface area contributed by atoms with Gasteiger partial charge in [0.15, 0.2) is 0 Å². The van der Waals surface area contributed by atoms with Crippen LogP contribution in [0, 0.1) is 27.7 Å². The molecule has 8 rings (SSSR count). The summed E-state index contributed by atoms with van der Waals surface area (Å²) in [5, 5.41) is 13.0. The van der Waals surface area contributed by atoms with Crippen LogP contribution in [0.1, 0.15) is 22.3 Å². The van der Waals surface area contributed by atoms with E-state index < -0.39 is 15.8 Å². The fourth-order valence-electron chi connectivity index (χ4n) is 7.89. The van der Waals surface area contributed by atoms with Crippen LogP contribution in [-0.2, 0) is 0 Å². The maximum Gasteiger partial charge on any atom is 0.118 e. The molecule has 0 heterocycles. The van der Waals surface area contributed by atoms with Gasteiger partial charge in [-0.15, -0.1) is 0 Å². The summed E-state index contributed by atoms with van der Waals surface area (Å²) in [6.07, 6.45) is 0. The van der Waals surface area contributed by atoms with E-state index in [2.05, 4.69) is 185 Å². The largest absolute Gasteiger partial charge is 0.497 e. The number of aryl methyl sites for hydroxylation is 4. The molecule has 0 unspecified atom stereocenters. The molecule has 8 aromatic carbocycles. The first-order valence-corrected chi connectivity index (χ1v) is 21.1. The minimum atomic E-state index is -1.02. The maximum absolute atomic E-state index is 5.64. The molecule has 0 amide bonds. The average Bonchev–Trinajstić information content (AvgIpc) is 3.18. The van der Waals surface area contributed by atoms with Gasteiger partial charge >= 0.3 is 0 Å². The Hall–Kier alpha value is -5.26. The first-order chi connectivity index (χ1) is 26.3. The van der Waals surface area contributed by atoms with Gasteiger partial charge in [0.25, 0.3) is 0 Å². The molecule has 0 fully saturated rings. The van der Waals surface area contributed by atoms with Gasteiger partial charge in [0.1, 0.15) is 11.5 Å². The summed E-state index contributed by atoms with van der Waals surface area (Å²) in [5.74, 6) is 1.71. The van der Waals surface area contributed by atoms with E-state index in [0.29, 0.717) is 0 Å². The van der Waals surface area contributed by atoms with Crippen LogP contribution in [0.15, 0.2) is 158 Å². The molecule has 2 nitrogen and oxygen atoms in total. The predicted molar refractivity (Wildman–Crippen MR) is 236 cm³/mol. The van der Waals surface area contributed by atoms with Gasteiger partial charge in [-0.3, -0.25) is 0 Å². The van der Waals surface area contributed by atoms with E-state index in [4.69, 9.17) is 9.47 Å². The number of rotatable bonds is 9. The number of ether oxygens (including phenoxy) is 2. The summed E-state index contributed by atoms with van der Waals surface area (Å²) >= 11 is 0. The topological polar surface area (TPSA) is 18.5 Å². The lowest BCUT2D eigenvalue weighted by molar-refractivity contribution is 0.415. The van der Waals surface area contributed by atoms with E-state index in [0.717, 1.165) is 11.5 Å². The first kappa shape index (κ1) is 35.8. The second-order valence-corrected chi connectivity index (χ2v) is 18.5. The molecule has 0 saturated heterocycles. The van der Waals surface area contributed by atoms with E-state index in [1.165, 1.54) is 86.8 Å². The standard InChI is InChI=1S/C50H44O2P2/c1-33-27-34(2)30-43(29-33)54(44-31-35(3)28-36(4)32-44)48-26-16-38-12-8-10-14-46(38)50(48)49-45-13-9-7-11-37(45)15-25-47(49)53(41-21-17-39(51-5)18-22-41)42-23-19-40(52-6)20-24-42/h7-32H,1-6H3. The molecule has 0 aliphatic carbocycles. The highest BCUT2D eigenvalue weighted by molar-refractivity contribution is 7.80. The molecule has 54 heavy (non-hydrogen) atoms. The lowest BCUT2D eigenvalue weighted by Crippen LogP contribution is -2.26. The molecule has 266 valence electrons. The van der Waals surface area contributed by atoms with Gasteiger partial charge in [0.2, 0.25) is 0 Å². The van der Waals surface area contributed by atoms with Crippen LogP contribution in [0.25, 0.3) is 32.7 Å². The number of benzene rings is 8. The van der Waals surface area contributed by atoms with Crippen LogP contribution < -0.4 is 41.3 Å². The molecule has 8 aromatic rings. The molecule has 0 aliphatic heterocycles. The molecule has 0 radical (unpaired) electrons. The SMILES string of the molecule is COc1ccc(P(c2ccc(OC)cc2)c2ccc3ccccc3c2-c2c(P(c3cc(C)cc(C)c3)c3cc(C)cc(C)c3)ccc3ccccc23)cc1. The van der Waals surface area contributed by atoms with Gasteiger partial charge in [-0.25, -0.2) is 0 Å². The zero-order chi connectivity index (χ0) is 37.3. The Balaban J connectivity index is 1.52. The van der Waals surface area contributed by atoms with Crippen LogP contribution in [0.2, 0.25) is 0 Å². The number of hydrogen-bond acceptors (Lipinski definition) is 2. The smallest absolute Gasteiger partial charge is 0.118 e. The quantitative estimate of drug-likeness (QED) is 0.137. The van der Waals surface area contributed by atoms with Crippen LogP contribution in [0.5, 0.6) is 11.5 Å². The van der Waals surface area contributed by atoms with Gasteiger partial charge in [-0.1, -0.05) is 156 Å². The van der Waals surface area contributed by atoms with Crippen LogP contribution in [0.4, 0.5) is 0 Å². The number of hydrogen-bond donors (Lipinski definition) is 0. The second-order valence-electron chi connectivity index (χ2n) is 14.1. The van der Waals surface area contributed by atoms with Crippen molar-refractivity contribution in [1.82, 2.24) is 0 Å². The number of fused-ring (bicyclic) bond motifs is 2. The van der Waals surface area contributed by atoms with Crippen molar-refractivity contribution in [3.8, 4) is 22.6 Å². The van der Waals surface area contributed by atoms with Crippen molar-refractivity contribution in [2.24, 2.45) is 0 Å². The Morgan fingerprint density at radius 2 is 0.704 bits per heavy atom. The third-order valence-corrected chi connectivity index (χ3v) is 15.0. The third-order valence-electron chi connectivity index (χ3n) is 10.1. The molecule has 0 aliphatic rings. The molecule has 0 aromatic heterocycles. The lowest BCUT2D eigenvalue weighted by Gasteiger charge is -2.29. The minimum absolute atomic E-state index is 0.853. The molecular weight excluding hydrogens is 694 g/mol. The van der Waals surface area contributed by atoms with Crippen molar-refractivity contribution >= 4 is 69.2 Å². The normalized spacial score (nSPS) is 11.5.